The zero-order valence-corrected chi connectivity index (χ0v) is 7.42. The first-order chi connectivity index (χ1) is 6.56. The van der Waals surface area contributed by atoms with E-state index in [2.05, 4.69) is 4.98 Å². The molecule has 0 aliphatic carbocycles. The lowest BCUT2D eigenvalue weighted by Crippen LogP contribution is -2.00. The minimum absolute atomic E-state index is 0.215. The third-order valence-corrected chi connectivity index (χ3v) is 1.66. The Bertz CT molecular complexity index is 414. The van der Waals surface area contributed by atoms with Crippen LogP contribution in [0.5, 0.6) is 0 Å². The van der Waals surface area contributed by atoms with Crippen molar-refractivity contribution in [1.82, 2.24) is 4.98 Å². The smallest absolute Gasteiger partial charge is 0.270 e. The number of hydrogen-bond donors (Lipinski definition) is 0. The molecule has 0 fully saturated rings. The summed E-state index contributed by atoms with van der Waals surface area (Å²) in [5.74, 6) is 0. The number of rotatable bonds is 2. The molecule has 1 aromatic heterocycles. The van der Waals surface area contributed by atoms with Crippen molar-refractivity contribution in [1.29, 1.82) is 5.26 Å². The molecule has 1 heterocycles. The second-order valence-corrected chi connectivity index (χ2v) is 2.66. The number of carbonyl (C=O) groups is 1. The van der Waals surface area contributed by atoms with Gasteiger partial charge in [-0.15, -0.1) is 0 Å². The van der Waals surface area contributed by atoms with Crippen molar-refractivity contribution >= 4 is 16.8 Å². The van der Waals surface area contributed by atoms with Gasteiger partial charge in [0.15, 0.2) is 0 Å². The number of aromatic nitrogens is 1. The molecule has 0 atom stereocenters. The van der Waals surface area contributed by atoms with E-state index in [4.69, 9.17) is 16.9 Å². The highest BCUT2D eigenvalue weighted by Crippen LogP contribution is 2.21. The number of nitrogens with zero attached hydrogens (tertiary/aromatic N) is 2. The maximum Gasteiger partial charge on any atom is 0.270 e. The van der Waals surface area contributed by atoms with Crippen LogP contribution in [-0.4, -0.2) is 10.2 Å². The zero-order chi connectivity index (χ0) is 10.7. The minimum atomic E-state index is -2.79. The van der Waals surface area contributed by atoms with Crippen molar-refractivity contribution < 1.29 is 13.6 Å². The van der Waals surface area contributed by atoms with Gasteiger partial charge >= 0.3 is 0 Å². The first kappa shape index (κ1) is 10.5. The van der Waals surface area contributed by atoms with Crippen LogP contribution in [0.15, 0.2) is 12.1 Å². The van der Waals surface area contributed by atoms with E-state index in [1.165, 1.54) is 6.07 Å². The maximum absolute atomic E-state index is 12.2. The largest absolute Gasteiger partial charge is 0.274 e. The van der Waals surface area contributed by atoms with Gasteiger partial charge in [0, 0.05) is 0 Å². The third-order valence-electron chi connectivity index (χ3n) is 1.47. The van der Waals surface area contributed by atoms with Crippen molar-refractivity contribution in [2.75, 3.05) is 0 Å². The van der Waals surface area contributed by atoms with E-state index in [0.29, 0.717) is 0 Å². The normalized spacial score (nSPS) is 9.93. The summed E-state index contributed by atoms with van der Waals surface area (Å²) in [6, 6.07) is 3.49. The number of pyridine rings is 1. The monoisotopic (exact) mass is 216 g/mol. The standard InChI is InChI=1S/C8H3ClF2N2O/c9-7(14)5-2-1-4(8(10)11)6(3-12)13-5/h1-2,8H. The SMILES string of the molecule is N#Cc1nc(C(=O)Cl)ccc1C(F)F. The average Bonchev–Trinajstić information content (AvgIpc) is 2.16. The molecule has 0 saturated heterocycles. The maximum atomic E-state index is 12.2. The Morgan fingerprint density at radius 3 is 2.64 bits per heavy atom. The van der Waals surface area contributed by atoms with Crippen LogP contribution in [0.25, 0.3) is 0 Å². The lowest BCUT2D eigenvalue weighted by molar-refractivity contribution is 0.107. The topological polar surface area (TPSA) is 53.8 Å². The molecule has 1 aromatic rings. The van der Waals surface area contributed by atoms with Gasteiger partial charge in [0.05, 0.1) is 5.56 Å². The lowest BCUT2D eigenvalue weighted by Gasteiger charge is -2.01. The molecule has 0 unspecified atom stereocenters. The van der Waals surface area contributed by atoms with E-state index in [9.17, 15) is 13.6 Å². The highest BCUT2D eigenvalue weighted by atomic mass is 35.5. The summed E-state index contributed by atoms with van der Waals surface area (Å²) in [7, 11) is 0. The van der Waals surface area contributed by atoms with Crippen LogP contribution in [0, 0.1) is 11.3 Å². The molecule has 72 valence electrons. The Morgan fingerprint density at radius 2 is 2.21 bits per heavy atom. The Morgan fingerprint density at radius 1 is 1.57 bits per heavy atom. The van der Waals surface area contributed by atoms with Crippen LogP contribution in [0.2, 0.25) is 0 Å². The molecule has 0 bridgehead atoms. The molecule has 0 saturated carbocycles. The summed E-state index contributed by atoms with van der Waals surface area (Å²) in [5, 5.41) is 7.59. The summed E-state index contributed by atoms with van der Waals surface area (Å²) in [5.41, 5.74) is -1.20. The molecule has 0 amide bonds. The lowest BCUT2D eigenvalue weighted by atomic mass is 10.2. The van der Waals surface area contributed by atoms with Gasteiger partial charge in [-0.3, -0.25) is 4.79 Å². The Hall–Kier alpha value is -1.54. The molecule has 0 aromatic carbocycles. The molecule has 3 nitrogen and oxygen atoms in total. The molecule has 6 heteroatoms. The molecular formula is C8H3ClF2N2O. The van der Waals surface area contributed by atoms with Crippen molar-refractivity contribution in [3.8, 4) is 6.07 Å². The second kappa shape index (κ2) is 4.11. The fraction of sp³-hybridized carbons (Fsp3) is 0.125. The van der Waals surface area contributed by atoms with E-state index in [-0.39, 0.29) is 5.69 Å². The first-order valence-electron chi connectivity index (χ1n) is 3.45. The van der Waals surface area contributed by atoms with Crippen molar-refractivity contribution in [2.24, 2.45) is 0 Å². The van der Waals surface area contributed by atoms with Crippen LogP contribution in [0.4, 0.5) is 8.78 Å². The van der Waals surface area contributed by atoms with Gasteiger partial charge < -0.3 is 0 Å². The molecule has 1 rings (SSSR count). The van der Waals surface area contributed by atoms with Crippen LogP contribution in [-0.2, 0) is 0 Å². The average molecular weight is 217 g/mol. The Labute approximate surface area is 82.9 Å². The predicted octanol–water partition coefficient (Wildman–Crippen LogP) is 2.27. The minimum Gasteiger partial charge on any atom is -0.274 e. The fourth-order valence-electron chi connectivity index (χ4n) is 0.845. The Balaban J connectivity index is 3.27. The van der Waals surface area contributed by atoms with Crippen molar-refractivity contribution in [3.63, 3.8) is 0 Å². The van der Waals surface area contributed by atoms with Crippen molar-refractivity contribution in [2.45, 2.75) is 6.43 Å². The van der Waals surface area contributed by atoms with Gasteiger partial charge in [-0.25, -0.2) is 13.8 Å². The summed E-state index contributed by atoms with van der Waals surface area (Å²) in [4.78, 5) is 14.0. The molecule has 0 aliphatic heterocycles. The molecule has 0 N–H and O–H groups in total. The number of alkyl halides is 2. The highest BCUT2D eigenvalue weighted by molar-refractivity contribution is 6.67. The summed E-state index contributed by atoms with van der Waals surface area (Å²) in [6.07, 6.45) is -2.79. The van der Waals surface area contributed by atoms with Gasteiger partial charge in [0.25, 0.3) is 11.7 Å². The second-order valence-electron chi connectivity index (χ2n) is 2.32. The van der Waals surface area contributed by atoms with Crippen LogP contribution in [0.3, 0.4) is 0 Å². The summed E-state index contributed by atoms with van der Waals surface area (Å²) >= 11 is 5.07. The molecule has 0 aliphatic rings. The third kappa shape index (κ3) is 2.03. The zero-order valence-electron chi connectivity index (χ0n) is 6.67. The van der Waals surface area contributed by atoms with E-state index < -0.39 is 22.9 Å². The van der Waals surface area contributed by atoms with Gasteiger partial charge in [-0.2, -0.15) is 5.26 Å². The van der Waals surface area contributed by atoms with Gasteiger partial charge in [-0.05, 0) is 23.7 Å². The first-order valence-corrected chi connectivity index (χ1v) is 3.83. The van der Waals surface area contributed by atoms with Crippen LogP contribution < -0.4 is 0 Å². The summed E-state index contributed by atoms with van der Waals surface area (Å²) in [6.45, 7) is 0. The summed E-state index contributed by atoms with van der Waals surface area (Å²) < 4.78 is 24.5. The number of nitriles is 1. The van der Waals surface area contributed by atoms with E-state index >= 15 is 0 Å². The number of halogens is 3. The van der Waals surface area contributed by atoms with Gasteiger partial charge in [0.2, 0.25) is 0 Å². The number of hydrogen-bond acceptors (Lipinski definition) is 3. The van der Waals surface area contributed by atoms with E-state index in [1.54, 1.807) is 0 Å². The highest BCUT2D eigenvalue weighted by Gasteiger charge is 2.16. The van der Waals surface area contributed by atoms with E-state index in [0.717, 1.165) is 12.1 Å². The molecule has 14 heavy (non-hydrogen) atoms. The Kier molecular flexibility index (Phi) is 3.10. The molecule has 0 radical (unpaired) electrons. The van der Waals surface area contributed by atoms with Crippen LogP contribution >= 0.6 is 11.6 Å². The fourth-order valence-corrected chi connectivity index (χ4v) is 0.950. The molecular weight excluding hydrogens is 214 g/mol. The van der Waals surface area contributed by atoms with Crippen LogP contribution in [0.1, 0.15) is 28.2 Å². The van der Waals surface area contributed by atoms with Gasteiger partial charge in [0.1, 0.15) is 17.5 Å². The van der Waals surface area contributed by atoms with Gasteiger partial charge in [-0.1, -0.05) is 0 Å². The molecule has 0 spiro atoms. The number of carbonyl (C=O) groups excluding carboxylic acids is 1. The van der Waals surface area contributed by atoms with E-state index in [1.807, 2.05) is 0 Å². The van der Waals surface area contributed by atoms with Crippen molar-refractivity contribution in [3.05, 3.63) is 29.1 Å². The predicted molar refractivity (Wildman–Crippen MR) is 44.1 cm³/mol. The quantitative estimate of drug-likeness (QED) is 0.713.